The standard InChI is InChI=1S/C14H23FN2/c1-11-9-12(5-6-13(11)15)7-8-17-14(2,3)10-16-4/h5-6,9,16-17H,7-8,10H2,1-4H3. The minimum absolute atomic E-state index is 0.0871. The van der Waals surface area contributed by atoms with Gasteiger partial charge < -0.3 is 10.6 Å². The van der Waals surface area contributed by atoms with E-state index in [-0.39, 0.29) is 11.4 Å². The Balaban J connectivity index is 2.43. The highest BCUT2D eigenvalue weighted by molar-refractivity contribution is 5.24. The molecule has 1 rings (SSSR count). The summed E-state index contributed by atoms with van der Waals surface area (Å²) in [6.45, 7) is 7.96. The maximum Gasteiger partial charge on any atom is 0.126 e. The van der Waals surface area contributed by atoms with Crippen molar-refractivity contribution in [1.29, 1.82) is 0 Å². The molecule has 2 nitrogen and oxygen atoms in total. The molecular formula is C14H23FN2. The molecule has 0 spiro atoms. The first-order chi connectivity index (χ1) is 7.94. The van der Waals surface area contributed by atoms with Gasteiger partial charge in [-0.1, -0.05) is 12.1 Å². The summed E-state index contributed by atoms with van der Waals surface area (Å²) in [5, 5.41) is 6.65. The van der Waals surface area contributed by atoms with Crippen molar-refractivity contribution in [2.45, 2.75) is 32.7 Å². The van der Waals surface area contributed by atoms with Crippen LogP contribution in [0.5, 0.6) is 0 Å². The van der Waals surface area contributed by atoms with Crippen LogP contribution in [0.25, 0.3) is 0 Å². The second-order valence-corrected chi connectivity index (χ2v) is 5.17. The van der Waals surface area contributed by atoms with E-state index in [1.807, 2.05) is 19.2 Å². The van der Waals surface area contributed by atoms with Gasteiger partial charge in [-0.3, -0.25) is 0 Å². The summed E-state index contributed by atoms with van der Waals surface area (Å²) in [4.78, 5) is 0. The third kappa shape index (κ3) is 4.84. The highest BCUT2D eigenvalue weighted by Crippen LogP contribution is 2.10. The van der Waals surface area contributed by atoms with Crippen molar-refractivity contribution >= 4 is 0 Å². The fraction of sp³-hybridized carbons (Fsp3) is 0.571. The van der Waals surface area contributed by atoms with Crippen LogP contribution in [0.2, 0.25) is 0 Å². The molecule has 0 aliphatic heterocycles. The van der Waals surface area contributed by atoms with Crippen LogP contribution in [0.4, 0.5) is 4.39 Å². The molecule has 0 radical (unpaired) electrons. The van der Waals surface area contributed by atoms with E-state index in [0.717, 1.165) is 25.1 Å². The lowest BCUT2D eigenvalue weighted by molar-refractivity contribution is 0.378. The highest BCUT2D eigenvalue weighted by atomic mass is 19.1. The minimum atomic E-state index is -0.128. The van der Waals surface area contributed by atoms with Crippen molar-refractivity contribution in [2.24, 2.45) is 0 Å². The summed E-state index contributed by atoms with van der Waals surface area (Å²) in [6.07, 6.45) is 0.925. The van der Waals surface area contributed by atoms with E-state index in [2.05, 4.69) is 24.5 Å². The molecule has 0 aromatic heterocycles. The van der Waals surface area contributed by atoms with E-state index in [1.54, 1.807) is 13.0 Å². The monoisotopic (exact) mass is 238 g/mol. The Morgan fingerprint density at radius 3 is 2.59 bits per heavy atom. The largest absolute Gasteiger partial charge is 0.318 e. The van der Waals surface area contributed by atoms with Gasteiger partial charge in [-0.15, -0.1) is 0 Å². The molecule has 1 aromatic rings. The Kier molecular flexibility index (Phi) is 5.09. The van der Waals surface area contributed by atoms with Crippen LogP contribution >= 0.6 is 0 Å². The predicted octanol–water partition coefficient (Wildman–Crippen LogP) is 2.26. The molecule has 0 heterocycles. The van der Waals surface area contributed by atoms with E-state index in [0.29, 0.717) is 0 Å². The molecule has 0 atom stereocenters. The molecule has 0 unspecified atom stereocenters. The number of benzene rings is 1. The zero-order chi connectivity index (χ0) is 12.9. The zero-order valence-electron chi connectivity index (χ0n) is 11.2. The van der Waals surface area contributed by atoms with Gasteiger partial charge in [-0.25, -0.2) is 4.39 Å². The van der Waals surface area contributed by atoms with Gasteiger partial charge in [0.1, 0.15) is 5.82 Å². The lowest BCUT2D eigenvalue weighted by Crippen LogP contribution is -2.47. The van der Waals surface area contributed by atoms with Gasteiger partial charge in [-0.2, -0.15) is 0 Å². The van der Waals surface area contributed by atoms with Gasteiger partial charge in [0.2, 0.25) is 0 Å². The van der Waals surface area contributed by atoms with Gasteiger partial charge in [0.05, 0.1) is 0 Å². The van der Waals surface area contributed by atoms with Crippen LogP contribution in [0.3, 0.4) is 0 Å². The fourth-order valence-electron chi connectivity index (χ4n) is 1.91. The topological polar surface area (TPSA) is 24.1 Å². The first kappa shape index (κ1) is 14.1. The van der Waals surface area contributed by atoms with Crippen molar-refractivity contribution < 1.29 is 4.39 Å². The van der Waals surface area contributed by atoms with Crippen LogP contribution in [0, 0.1) is 12.7 Å². The molecule has 0 aliphatic carbocycles. The van der Waals surface area contributed by atoms with E-state index in [9.17, 15) is 4.39 Å². The van der Waals surface area contributed by atoms with Crippen molar-refractivity contribution in [3.63, 3.8) is 0 Å². The van der Waals surface area contributed by atoms with E-state index >= 15 is 0 Å². The Morgan fingerprint density at radius 1 is 1.29 bits per heavy atom. The lowest BCUT2D eigenvalue weighted by Gasteiger charge is -2.26. The molecule has 96 valence electrons. The first-order valence-electron chi connectivity index (χ1n) is 6.09. The fourth-order valence-corrected chi connectivity index (χ4v) is 1.91. The van der Waals surface area contributed by atoms with Crippen LogP contribution < -0.4 is 10.6 Å². The summed E-state index contributed by atoms with van der Waals surface area (Å²) in [7, 11) is 1.95. The average Bonchev–Trinajstić information content (AvgIpc) is 2.23. The summed E-state index contributed by atoms with van der Waals surface area (Å²) in [5.74, 6) is -0.128. The van der Waals surface area contributed by atoms with E-state index in [1.165, 1.54) is 5.56 Å². The number of hydrogen-bond donors (Lipinski definition) is 2. The van der Waals surface area contributed by atoms with Crippen molar-refractivity contribution in [2.75, 3.05) is 20.1 Å². The van der Waals surface area contributed by atoms with Crippen LogP contribution in [-0.2, 0) is 6.42 Å². The SMILES string of the molecule is CNCC(C)(C)NCCc1ccc(F)c(C)c1. The molecule has 2 N–H and O–H groups in total. The smallest absolute Gasteiger partial charge is 0.126 e. The summed E-state index contributed by atoms with van der Waals surface area (Å²) in [5.41, 5.74) is 1.98. The second kappa shape index (κ2) is 6.12. The maximum absolute atomic E-state index is 13.1. The van der Waals surface area contributed by atoms with Crippen LogP contribution in [0.1, 0.15) is 25.0 Å². The molecule has 0 bridgehead atoms. The van der Waals surface area contributed by atoms with Gasteiger partial charge in [0, 0.05) is 12.1 Å². The molecule has 0 saturated heterocycles. The number of nitrogens with one attached hydrogen (secondary N) is 2. The average molecular weight is 238 g/mol. The summed E-state index contributed by atoms with van der Waals surface area (Å²) < 4.78 is 13.1. The molecule has 0 saturated carbocycles. The number of halogens is 1. The normalized spacial score (nSPS) is 11.8. The summed E-state index contributed by atoms with van der Waals surface area (Å²) >= 11 is 0. The minimum Gasteiger partial charge on any atom is -0.318 e. The lowest BCUT2D eigenvalue weighted by atomic mass is 10.0. The van der Waals surface area contributed by atoms with Crippen molar-refractivity contribution in [3.8, 4) is 0 Å². The molecule has 1 aromatic carbocycles. The van der Waals surface area contributed by atoms with Gasteiger partial charge >= 0.3 is 0 Å². The van der Waals surface area contributed by atoms with Crippen LogP contribution in [-0.4, -0.2) is 25.7 Å². The molecule has 3 heteroatoms. The highest BCUT2D eigenvalue weighted by Gasteiger charge is 2.14. The molecule has 0 fully saturated rings. The van der Waals surface area contributed by atoms with E-state index in [4.69, 9.17) is 0 Å². The van der Waals surface area contributed by atoms with E-state index < -0.39 is 0 Å². The third-order valence-electron chi connectivity index (χ3n) is 2.86. The Hall–Kier alpha value is -0.930. The number of likely N-dealkylation sites (N-methyl/N-ethyl adjacent to an activating group) is 1. The van der Waals surface area contributed by atoms with Crippen LogP contribution in [0.15, 0.2) is 18.2 Å². The number of rotatable bonds is 6. The van der Waals surface area contributed by atoms with Gasteiger partial charge in [0.15, 0.2) is 0 Å². The number of hydrogen-bond acceptors (Lipinski definition) is 2. The quantitative estimate of drug-likeness (QED) is 0.794. The number of aryl methyl sites for hydroxylation is 1. The van der Waals surface area contributed by atoms with Crippen molar-refractivity contribution in [3.05, 3.63) is 35.1 Å². The molecular weight excluding hydrogens is 215 g/mol. The Labute approximate surface area is 104 Å². The molecule has 17 heavy (non-hydrogen) atoms. The maximum atomic E-state index is 13.1. The van der Waals surface area contributed by atoms with Gasteiger partial charge in [0.25, 0.3) is 0 Å². The Bertz CT molecular complexity index is 361. The first-order valence-corrected chi connectivity index (χ1v) is 6.09. The molecule has 0 amide bonds. The predicted molar refractivity (Wildman–Crippen MR) is 70.8 cm³/mol. The second-order valence-electron chi connectivity index (χ2n) is 5.17. The van der Waals surface area contributed by atoms with Crippen molar-refractivity contribution in [1.82, 2.24) is 10.6 Å². The zero-order valence-corrected chi connectivity index (χ0v) is 11.2. The van der Waals surface area contributed by atoms with Gasteiger partial charge in [-0.05, 0) is 58.0 Å². The third-order valence-corrected chi connectivity index (χ3v) is 2.86. The Morgan fingerprint density at radius 2 is 2.00 bits per heavy atom. The molecule has 0 aliphatic rings. The summed E-state index contributed by atoms with van der Waals surface area (Å²) in [6, 6.07) is 5.32.